The Bertz CT molecular complexity index is 1310. The molecule has 4 aromatic rings. The van der Waals surface area contributed by atoms with Crippen molar-refractivity contribution in [3.63, 3.8) is 0 Å². The lowest BCUT2D eigenvalue weighted by Crippen LogP contribution is -2.33. The number of aromatic amines is 1. The van der Waals surface area contributed by atoms with E-state index in [1.54, 1.807) is 19.2 Å². The first-order chi connectivity index (χ1) is 17.1. The number of non-ortho nitro benzene ring substituents is 1. The van der Waals surface area contributed by atoms with Gasteiger partial charge in [-0.15, -0.1) is 0 Å². The molecule has 1 saturated heterocycles. The minimum Gasteiger partial charge on any atom is -0.497 e. The van der Waals surface area contributed by atoms with Crippen LogP contribution in [0.15, 0.2) is 72.8 Å². The third kappa shape index (κ3) is 5.08. The van der Waals surface area contributed by atoms with Crippen LogP contribution in [0.25, 0.3) is 22.2 Å². The number of H-pyrrole nitrogens is 1. The number of benzene rings is 3. The molecule has 2 heterocycles. The Hall–Kier alpha value is -3.64. The SMILES string of the molecule is COc1ccc2[nH]c(-c3cccc([N+](=O)[O-])c3)c(CCCN3CCC(c4ccccc4)CC3)c2c1. The van der Waals surface area contributed by atoms with Crippen molar-refractivity contribution in [2.45, 2.75) is 31.6 Å². The molecule has 1 fully saturated rings. The van der Waals surface area contributed by atoms with E-state index in [0.29, 0.717) is 5.92 Å². The van der Waals surface area contributed by atoms with Crippen LogP contribution >= 0.6 is 0 Å². The number of methoxy groups -OCH3 is 1. The van der Waals surface area contributed by atoms with Gasteiger partial charge in [-0.05, 0) is 80.6 Å². The van der Waals surface area contributed by atoms with Gasteiger partial charge in [0.25, 0.3) is 5.69 Å². The van der Waals surface area contributed by atoms with Crippen LogP contribution in [-0.2, 0) is 6.42 Å². The zero-order valence-corrected chi connectivity index (χ0v) is 20.1. The molecular formula is C29H31N3O3. The summed E-state index contributed by atoms with van der Waals surface area (Å²) in [5.41, 5.74) is 5.57. The topological polar surface area (TPSA) is 71.4 Å². The van der Waals surface area contributed by atoms with Crippen LogP contribution in [0.5, 0.6) is 5.75 Å². The highest BCUT2D eigenvalue weighted by Gasteiger charge is 2.21. The maximum Gasteiger partial charge on any atom is 0.270 e. The van der Waals surface area contributed by atoms with Gasteiger partial charge in [0.15, 0.2) is 0 Å². The maximum absolute atomic E-state index is 11.4. The normalized spacial score (nSPS) is 14.9. The van der Waals surface area contributed by atoms with E-state index in [1.807, 2.05) is 18.2 Å². The molecule has 1 N–H and O–H groups in total. The van der Waals surface area contributed by atoms with Crippen LogP contribution in [0.4, 0.5) is 5.69 Å². The number of piperidine rings is 1. The first kappa shape index (κ1) is 23.1. The molecule has 0 bridgehead atoms. The number of nitrogens with one attached hydrogen (secondary N) is 1. The Balaban J connectivity index is 1.32. The minimum absolute atomic E-state index is 0.103. The van der Waals surface area contributed by atoms with Crippen molar-refractivity contribution >= 4 is 16.6 Å². The van der Waals surface area contributed by atoms with Crippen molar-refractivity contribution in [1.29, 1.82) is 0 Å². The second-order valence-corrected chi connectivity index (χ2v) is 9.33. The highest BCUT2D eigenvalue weighted by molar-refractivity contribution is 5.92. The lowest BCUT2D eigenvalue weighted by molar-refractivity contribution is -0.384. The average Bonchev–Trinajstić information content (AvgIpc) is 3.27. The van der Waals surface area contributed by atoms with E-state index in [0.717, 1.165) is 60.4 Å². The van der Waals surface area contributed by atoms with Gasteiger partial charge in [-0.2, -0.15) is 0 Å². The number of nitro benzene ring substituents is 1. The number of aromatic nitrogens is 1. The Kier molecular flexibility index (Phi) is 6.82. The van der Waals surface area contributed by atoms with Crippen molar-refractivity contribution < 1.29 is 9.66 Å². The smallest absolute Gasteiger partial charge is 0.270 e. The summed E-state index contributed by atoms with van der Waals surface area (Å²) >= 11 is 0. The molecular weight excluding hydrogens is 438 g/mol. The third-order valence-electron chi connectivity index (χ3n) is 7.22. The van der Waals surface area contributed by atoms with E-state index < -0.39 is 0 Å². The lowest BCUT2D eigenvalue weighted by atomic mass is 9.89. The van der Waals surface area contributed by atoms with Crippen molar-refractivity contribution in [2.24, 2.45) is 0 Å². The zero-order valence-electron chi connectivity index (χ0n) is 20.1. The summed E-state index contributed by atoms with van der Waals surface area (Å²) in [6.45, 7) is 3.30. The van der Waals surface area contributed by atoms with E-state index in [-0.39, 0.29) is 10.6 Å². The van der Waals surface area contributed by atoms with Gasteiger partial charge in [0.2, 0.25) is 0 Å². The van der Waals surface area contributed by atoms with Gasteiger partial charge in [-0.3, -0.25) is 10.1 Å². The van der Waals surface area contributed by atoms with E-state index in [1.165, 1.54) is 30.0 Å². The number of likely N-dealkylation sites (tertiary alicyclic amines) is 1. The zero-order chi connectivity index (χ0) is 24.2. The third-order valence-corrected chi connectivity index (χ3v) is 7.22. The van der Waals surface area contributed by atoms with Crippen molar-refractivity contribution in [2.75, 3.05) is 26.7 Å². The van der Waals surface area contributed by atoms with Crippen LogP contribution in [-0.4, -0.2) is 41.6 Å². The molecule has 0 aliphatic carbocycles. The molecule has 0 radical (unpaired) electrons. The van der Waals surface area contributed by atoms with Crippen molar-refractivity contribution in [1.82, 2.24) is 9.88 Å². The molecule has 6 heteroatoms. The monoisotopic (exact) mass is 469 g/mol. The average molecular weight is 470 g/mol. The summed E-state index contributed by atoms with van der Waals surface area (Å²) in [7, 11) is 1.67. The molecule has 0 spiro atoms. The Morgan fingerprint density at radius 3 is 2.57 bits per heavy atom. The van der Waals surface area contributed by atoms with Crippen LogP contribution < -0.4 is 4.74 Å². The fourth-order valence-corrected chi connectivity index (χ4v) is 5.33. The molecule has 1 aromatic heterocycles. The number of fused-ring (bicyclic) bond motifs is 1. The maximum atomic E-state index is 11.4. The summed E-state index contributed by atoms with van der Waals surface area (Å²) < 4.78 is 5.48. The van der Waals surface area contributed by atoms with E-state index in [2.05, 4.69) is 46.3 Å². The van der Waals surface area contributed by atoms with Gasteiger partial charge in [-0.25, -0.2) is 0 Å². The van der Waals surface area contributed by atoms with Gasteiger partial charge in [0, 0.05) is 34.3 Å². The molecule has 0 unspecified atom stereocenters. The first-order valence-electron chi connectivity index (χ1n) is 12.3. The molecule has 6 nitrogen and oxygen atoms in total. The second-order valence-electron chi connectivity index (χ2n) is 9.33. The number of hydrogen-bond donors (Lipinski definition) is 1. The molecule has 1 aliphatic heterocycles. The number of rotatable bonds is 8. The number of ether oxygens (including phenoxy) is 1. The number of nitro groups is 1. The number of hydrogen-bond acceptors (Lipinski definition) is 4. The predicted octanol–water partition coefficient (Wildman–Crippen LogP) is 6.56. The lowest BCUT2D eigenvalue weighted by Gasteiger charge is -2.32. The molecule has 0 amide bonds. The van der Waals surface area contributed by atoms with Crippen molar-refractivity contribution in [3.8, 4) is 17.0 Å². The van der Waals surface area contributed by atoms with Crippen LogP contribution in [0.1, 0.15) is 36.3 Å². The quantitative estimate of drug-likeness (QED) is 0.234. The van der Waals surface area contributed by atoms with Gasteiger partial charge in [0.1, 0.15) is 5.75 Å². The summed E-state index contributed by atoms with van der Waals surface area (Å²) in [6.07, 6.45) is 4.33. The second kappa shape index (κ2) is 10.3. The summed E-state index contributed by atoms with van der Waals surface area (Å²) in [5.74, 6) is 1.47. The van der Waals surface area contributed by atoms with Gasteiger partial charge in [0.05, 0.1) is 12.0 Å². The Morgan fingerprint density at radius 1 is 1.03 bits per heavy atom. The fraction of sp³-hybridized carbons (Fsp3) is 0.310. The largest absolute Gasteiger partial charge is 0.497 e. The van der Waals surface area contributed by atoms with Crippen LogP contribution in [0.3, 0.4) is 0 Å². The highest BCUT2D eigenvalue weighted by atomic mass is 16.6. The Labute approximate surface area is 205 Å². The van der Waals surface area contributed by atoms with E-state index in [4.69, 9.17) is 4.74 Å². The highest BCUT2D eigenvalue weighted by Crippen LogP contribution is 2.35. The first-order valence-corrected chi connectivity index (χ1v) is 12.3. The van der Waals surface area contributed by atoms with Gasteiger partial charge < -0.3 is 14.6 Å². The fourth-order valence-electron chi connectivity index (χ4n) is 5.33. The van der Waals surface area contributed by atoms with Gasteiger partial charge in [-0.1, -0.05) is 42.5 Å². The molecule has 5 rings (SSSR count). The van der Waals surface area contributed by atoms with Crippen LogP contribution in [0, 0.1) is 10.1 Å². The molecule has 0 atom stereocenters. The summed E-state index contributed by atoms with van der Waals surface area (Å²) in [4.78, 5) is 17.1. The standard InChI is InChI=1S/C29H31N3O3/c1-35-25-12-13-28-27(20-25)26(29(30-28)23-9-5-10-24(19-23)32(33)34)11-6-16-31-17-14-22(15-18-31)21-7-3-2-4-8-21/h2-5,7-10,12-13,19-20,22,30H,6,11,14-18H2,1H3. The number of nitrogens with zero attached hydrogens (tertiary/aromatic N) is 2. The van der Waals surface area contributed by atoms with Gasteiger partial charge >= 0.3 is 0 Å². The molecule has 1 aliphatic rings. The molecule has 180 valence electrons. The molecule has 0 saturated carbocycles. The molecule has 3 aromatic carbocycles. The number of aryl methyl sites for hydroxylation is 1. The van der Waals surface area contributed by atoms with Crippen LogP contribution in [0.2, 0.25) is 0 Å². The predicted molar refractivity (Wildman–Crippen MR) is 140 cm³/mol. The van der Waals surface area contributed by atoms with E-state index in [9.17, 15) is 10.1 Å². The van der Waals surface area contributed by atoms with Crippen molar-refractivity contribution in [3.05, 3.63) is 94.0 Å². The van der Waals surface area contributed by atoms with E-state index >= 15 is 0 Å². The summed E-state index contributed by atoms with van der Waals surface area (Å²) in [5, 5.41) is 12.5. The Morgan fingerprint density at radius 2 is 1.83 bits per heavy atom. The summed E-state index contributed by atoms with van der Waals surface area (Å²) in [6, 6.07) is 23.8. The minimum atomic E-state index is -0.339. The molecule has 35 heavy (non-hydrogen) atoms.